The van der Waals surface area contributed by atoms with Gasteiger partial charge in [0.1, 0.15) is 12.2 Å². The fourth-order valence-corrected chi connectivity index (χ4v) is 4.08. The number of alkyl carbamates (subject to hydrolysis) is 1. The molecule has 1 aliphatic heterocycles. The summed E-state index contributed by atoms with van der Waals surface area (Å²) < 4.78 is 10.8. The highest BCUT2D eigenvalue weighted by molar-refractivity contribution is 5.69. The van der Waals surface area contributed by atoms with Crippen molar-refractivity contribution in [3.8, 4) is 0 Å². The zero-order valence-corrected chi connectivity index (χ0v) is 16.5. The highest BCUT2D eigenvalue weighted by Crippen LogP contribution is 2.45. The van der Waals surface area contributed by atoms with Crippen LogP contribution in [-0.2, 0) is 16.1 Å². The van der Waals surface area contributed by atoms with Gasteiger partial charge in [0.05, 0.1) is 0 Å². The van der Waals surface area contributed by atoms with Crippen LogP contribution in [-0.4, -0.2) is 41.8 Å². The Morgan fingerprint density at radius 2 is 1.96 bits per heavy atom. The van der Waals surface area contributed by atoms with E-state index in [-0.39, 0.29) is 23.6 Å². The zero-order valence-electron chi connectivity index (χ0n) is 16.5. The second kappa shape index (κ2) is 7.79. The van der Waals surface area contributed by atoms with Crippen molar-refractivity contribution < 1.29 is 19.1 Å². The molecule has 1 spiro atoms. The van der Waals surface area contributed by atoms with Crippen molar-refractivity contribution in [2.75, 3.05) is 13.1 Å². The molecule has 27 heavy (non-hydrogen) atoms. The van der Waals surface area contributed by atoms with Gasteiger partial charge < -0.3 is 19.7 Å². The summed E-state index contributed by atoms with van der Waals surface area (Å²) in [6, 6.07) is 9.82. The van der Waals surface area contributed by atoms with Gasteiger partial charge in [0.2, 0.25) is 0 Å². The first-order valence-electron chi connectivity index (χ1n) is 9.70. The summed E-state index contributed by atoms with van der Waals surface area (Å²) in [5.41, 5.74) is 0.584. The molecule has 148 valence electrons. The van der Waals surface area contributed by atoms with E-state index in [9.17, 15) is 9.59 Å². The minimum Gasteiger partial charge on any atom is -0.445 e. The Bertz CT molecular complexity index is 671. The smallest absolute Gasteiger partial charge is 0.410 e. The molecular weight excluding hydrogens is 344 g/mol. The van der Waals surface area contributed by atoms with E-state index in [1.54, 1.807) is 4.90 Å². The van der Waals surface area contributed by atoms with Crippen LogP contribution in [0.2, 0.25) is 0 Å². The standard InChI is InChI=1S/C21H30N2O4/c1-20(2,3)27-18(24)22-17-9-10-21(13-17)11-12-23(15-21)19(25)26-14-16-7-5-4-6-8-16/h4-8,17H,9-15H2,1-3H3,(H,22,24). The lowest BCUT2D eigenvalue weighted by Gasteiger charge is -2.25. The van der Waals surface area contributed by atoms with E-state index in [1.807, 2.05) is 51.1 Å². The minimum absolute atomic E-state index is 0.0887. The number of amides is 2. The van der Waals surface area contributed by atoms with Crippen LogP contribution in [0.15, 0.2) is 30.3 Å². The molecule has 2 aliphatic rings. The molecule has 2 fully saturated rings. The molecule has 0 bridgehead atoms. The molecule has 0 aromatic heterocycles. The van der Waals surface area contributed by atoms with Crippen LogP contribution in [0.25, 0.3) is 0 Å². The molecule has 3 rings (SSSR count). The third kappa shape index (κ3) is 5.37. The average Bonchev–Trinajstić information content (AvgIpc) is 3.19. The summed E-state index contributed by atoms with van der Waals surface area (Å²) in [7, 11) is 0. The first-order valence-corrected chi connectivity index (χ1v) is 9.70. The molecule has 1 heterocycles. The summed E-state index contributed by atoms with van der Waals surface area (Å²) >= 11 is 0. The second-order valence-corrected chi connectivity index (χ2v) is 8.80. The van der Waals surface area contributed by atoms with Crippen molar-refractivity contribution in [1.82, 2.24) is 10.2 Å². The Kier molecular flexibility index (Phi) is 5.63. The summed E-state index contributed by atoms with van der Waals surface area (Å²) in [6.07, 6.45) is 3.16. The monoisotopic (exact) mass is 374 g/mol. The SMILES string of the molecule is CC(C)(C)OC(=O)NC1CCC2(CCN(C(=O)OCc3ccccc3)C2)C1. The Morgan fingerprint density at radius 1 is 1.22 bits per heavy atom. The number of likely N-dealkylation sites (tertiary alicyclic amines) is 1. The van der Waals surface area contributed by atoms with Crippen molar-refractivity contribution in [3.05, 3.63) is 35.9 Å². The predicted octanol–water partition coefficient (Wildman–Crippen LogP) is 4.09. The maximum atomic E-state index is 12.4. The van der Waals surface area contributed by atoms with Gasteiger partial charge in [-0.2, -0.15) is 0 Å². The highest BCUT2D eigenvalue weighted by atomic mass is 16.6. The third-order valence-electron chi connectivity index (χ3n) is 5.33. The number of rotatable bonds is 3. The van der Waals surface area contributed by atoms with Gasteiger partial charge in [-0.05, 0) is 57.4 Å². The average molecular weight is 374 g/mol. The molecule has 6 heteroatoms. The number of hydrogen-bond acceptors (Lipinski definition) is 4. The van der Waals surface area contributed by atoms with Crippen molar-refractivity contribution in [2.45, 2.75) is 64.7 Å². The molecule has 6 nitrogen and oxygen atoms in total. The highest BCUT2D eigenvalue weighted by Gasteiger charge is 2.46. The molecule has 1 N–H and O–H groups in total. The van der Waals surface area contributed by atoms with Crippen molar-refractivity contribution in [3.63, 3.8) is 0 Å². The van der Waals surface area contributed by atoms with Gasteiger partial charge in [-0.25, -0.2) is 9.59 Å². The maximum Gasteiger partial charge on any atom is 0.410 e. The number of ether oxygens (including phenoxy) is 2. The van der Waals surface area contributed by atoms with Crippen LogP contribution in [0.1, 0.15) is 52.0 Å². The first-order chi connectivity index (χ1) is 12.7. The predicted molar refractivity (Wildman–Crippen MR) is 102 cm³/mol. The number of benzene rings is 1. The number of hydrogen-bond donors (Lipinski definition) is 1. The van der Waals surface area contributed by atoms with Crippen LogP contribution in [0.5, 0.6) is 0 Å². The molecule has 0 radical (unpaired) electrons. The molecule has 1 aliphatic carbocycles. The molecule has 1 saturated heterocycles. The fourth-order valence-electron chi connectivity index (χ4n) is 4.08. The zero-order chi connectivity index (χ0) is 19.5. The van der Waals surface area contributed by atoms with Crippen LogP contribution in [0.4, 0.5) is 9.59 Å². The van der Waals surface area contributed by atoms with E-state index >= 15 is 0 Å². The first kappa shape index (κ1) is 19.5. The van der Waals surface area contributed by atoms with Crippen molar-refractivity contribution in [2.24, 2.45) is 5.41 Å². The maximum absolute atomic E-state index is 12.4. The van der Waals surface area contributed by atoms with Gasteiger partial charge in [0.15, 0.2) is 0 Å². The Balaban J connectivity index is 1.46. The van der Waals surface area contributed by atoms with Gasteiger partial charge >= 0.3 is 12.2 Å². The van der Waals surface area contributed by atoms with Gasteiger partial charge in [-0.1, -0.05) is 30.3 Å². The summed E-state index contributed by atoms with van der Waals surface area (Å²) in [4.78, 5) is 26.2. The molecule has 2 unspecified atom stereocenters. The van der Waals surface area contributed by atoms with Crippen LogP contribution >= 0.6 is 0 Å². The van der Waals surface area contributed by atoms with E-state index in [2.05, 4.69) is 5.32 Å². The molecule has 1 aromatic rings. The topological polar surface area (TPSA) is 67.9 Å². The second-order valence-electron chi connectivity index (χ2n) is 8.80. The summed E-state index contributed by atoms with van der Waals surface area (Å²) in [5.74, 6) is 0. The summed E-state index contributed by atoms with van der Waals surface area (Å²) in [5, 5.41) is 2.98. The van der Waals surface area contributed by atoms with Crippen molar-refractivity contribution >= 4 is 12.2 Å². The lowest BCUT2D eigenvalue weighted by Crippen LogP contribution is -2.39. The van der Waals surface area contributed by atoms with E-state index in [1.165, 1.54) is 0 Å². The van der Waals surface area contributed by atoms with Crippen LogP contribution in [0, 0.1) is 5.41 Å². The lowest BCUT2D eigenvalue weighted by molar-refractivity contribution is 0.0501. The lowest BCUT2D eigenvalue weighted by atomic mass is 9.85. The van der Waals surface area contributed by atoms with E-state index in [0.717, 1.165) is 31.2 Å². The Morgan fingerprint density at radius 3 is 2.67 bits per heavy atom. The van der Waals surface area contributed by atoms with Gasteiger partial charge in [-0.3, -0.25) is 0 Å². The quantitative estimate of drug-likeness (QED) is 0.865. The minimum atomic E-state index is -0.493. The number of nitrogens with one attached hydrogen (secondary N) is 1. The van der Waals surface area contributed by atoms with E-state index < -0.39 is 5.60 Å². The Hall–Kier alpha value is -2.24. The number of carbonyl (C=O) groups is 2. The largest absolute Gasteiger partial charge is 0.445 e. The van der Waals surface area contributed by atoms with E-state index in [4.69, 9.17) is 9.47 Å². The van der Waals surface area contributed by atoms with Crippen molar-refractivity contribution in [1.29, 1.82) is 0 Å². The molecule has 2 atom stereocenters. The Labute approximate surface area is 161 Å². The molecule has 1 aromatic carbocycles. The molecule has 1 saturated carbocycles. The fraction of sp³-hybridized carbons (Fsp3) is 0.619. The van der Waals surface area contributed by atoms with Gasteiger partial charge in [-0.15, -0.1) is 0 Å². The number of nitrogens with zero attached hydrogens (tertiary/aromatic N) is 1. The third-order valence-corrected chi connectivity index (χ3v) is 5.33. The van der Waals surface area contributed by atoms with Gasteiger partial charge in [0.25, 0.3) is 0 Å². The van der Waals surface area contributed by atoms with E-state index in [0.29, 0.717) is 19.7 Å². The van der Waals surface area contributed by atoms with Gasteiger partial charge in [0, 0.05) is 19.1 Å². The summed E-state index contributed by atoms with van der Waals surface area (Å²) in [6.45, 7) is 7.29. The molecular formula is C21H30N2O4. The van der Waals surface area contributed by atoms with Crippen LogP contribution in [0.3, 0.4) is 0 Å². The number of carbonyl (C=O) groups excluding carboxylic acids is 2. The molecule has 2 amide bonds. The van der Waals surface area contributed by atoms with Crippen LogP contribution < -0.4 is 5.32 Å². The normalized spacial score (nSPS) is 24.9.